The minimum absolute atomic E-state index is 0.0661. The molecule has 2 aromatic rings. The maximum atomic E-state index is 14.7. The van der Waals surface area contributed by atoms with E-state index in [1.165, 1.54) is 0 Å². The van der Waals surface area contributed by atoms with Crippen molar-refractivity contribution in [1.82, 2.24) is 10.3 Å². The number of benzene rings is 1. The van der Waals surface area contributed by atoms with Gasteiger partial charge in [-0.2, -0.15) is 21.6 Å². The van der Waals surface area contributed by atoms with E-state index in [2.05, 4.69) is 20.5 Å². The summed E-state index contributed by atoms with van der Waals surface area (Å²) >= 11 is 6.88. The van der Waals surface area contributed by atoms with Crippen LogP contribution in [0.1, 0.15) is 6.42 Å². The molecule has 164 valence electrons. The van der Waals surface area contributed by atoms with Crippen LogP contribution >= 0.6 is 22.9 Å². The molecule has 1 aromatic carbocycles. The minimum Gasteiger partial charge on any atom is -0.380 e. The maximum absolute atomic E-state index is 14.7. The molecule has 1 fully saturated rings. The quantitative estimate of drug-likeness (QED) is 0.476. The standard InChI is InChI=1S/C15H13ClF4N4O4S2/c16-9-3-12(10(17)4-11(9)23-8-1-2-21-5-8)30(26,27)24(13-6-29-7-22-13)28-14(25)15(18,19)20/h3-4,6-8,21,23H,1-2,5H2/t8-/m0/s1. The first-order valence-electron chi connectivity index (χ1n) is 8.19. The van der Waals surface area contributed by atoms with E-state index in [9.17, 15) is 30.8 Å². The van der Waals surface area contributed by atoms with Crippen LogP contribution in [0.25, 0.3) is 0 Å². The van der Waals surface area contributed by atoms with Gasteiger partial charge in [0.2, 0.25) is 0 Å². The predicted molar refractivity (Wildman–Crippen MR) is 100 cm³/mol. The lowest BCUT2D eigenvalue weighted by molar-refractivity contribution is -0.199. The molecule has 3 rings (SSSR count). The summed E-state index contributed by atoms with van der Waals surface area (Å²) in [4.78, 5) is 17.7. The first-order valence-corrected chi connectivity index (χ1v) is 10.9. The van der Waals surface area contributed by atoms with Crippen molar-refractivity contribution in [3.8, 4) is 0 Å². The van der Waals surface area contributed by atoms with Crippen LogP contribution in [0.2, 0.25) is 5.02 Å². The Kier molecular flexibility index (Phi) is 6.40. The number of aromatic nitrogens is 1. The zero-order valence-corrected chi connectivity index (χ0v) is 17.1. The van der Waals surface area contributed by atoms with Crippen molar-refractivity contribution in [3.05, 3.63) is 33.9 Å². The van der Waals surface area contributed by atoms with Crippen LogP contribution in [0, 0.1) is 5.82 Å². The van der Waals surface area contributed by atoms with Crippen molar-refractivity contribution in [2.24, 2.45) is 0 Å². The van der Waals surface area contributed by atoms with E-state index in [1.807, 2.05) is 0 Å². The number of rotatable bonds is 6. The Morgan fingerprint density at radius 2 is 2.13 bits per heavy atom. The van der Waals surface area contributed by atoms with Gasteiger partial charge in [0, 0.05) is 18.0 Å². The summed E-state index contributed by atoms with van der Waals surface area (Å²) in [6.45, 7) is 1.32. The van der Waals surface area contributed by atoms with Gasteiger partial charge >= 0.3 is 12.1 Å². The third kappa shape index (κ3) is 4.77. The summed E-state index contributed by atoms with van der Waals surface area (Å²) in [5.74, 6) is -4.79. The Bertz CT molecular complexity index is 1030. The molecule has 0 saturated carbocycles. The van der Waals surface area contributed by atoms with Gasteiger partial charge in [-0.15, -0.1) is 11.3 Å². The van der Waals surface area contributed by atoms with Gasteiger partial charge in [-0.05, 0) is 25.1 Å². The molecule has 2 heterocycles. The van der Waals surface area contributed by atoms with Gasteiger partial charge in [-0.1, -0.05) is 16.1 Å². The van der Waals surface area contributed by atoms with Gasteiger partial charge in [0.05, 0.1) is 16.2 Å². The Labute approximate surface area is 176 Å². The third-order valence-electron chi connectivity index (χ3n) is 3.94. The monoisotopic (exact) mass is 488 g/mol. The molecule has 0 bridgehead atoms. The summed E-state index contributed by atoms with van der Waals surface area (Å²) in [6, 6.07) is 1.46. The van der Waals surface area contributed by atoms with Crippen molar-refractivity contribution in [3.63, 3.8) is 0 Å². The van der Waals surface area contributed by atoms with Crippen molar-refractivity contribution >= 4 is 50.4 Å². The zero-order valence-electron chi connectivity index (χ0n) is 14.7. The molecule has 0 unspecified atom stereocenters. The van der Waals surface area contributed by atoms with Crippen LogP contribution in [0.5, 0.6) is 0 Å². The number of nitrogens with zero attached hydrogens (tertiary/aromatic N) is 2. The second kappa shape index (κ2) is 8.53. The summed E-state index contributed by atoms with van der Waals surface area (Å²) in [6.07, 6.45) is -4.77. The van der Waals surface area contributed by atoms with Crippen molar-refractivity contribution in [2.45, 2.75) is 23.5 Å². The molecule has 0 amide bonds. The number of thiazole rings is 1. The second-order valence-electron chi connectivity index (χ2n) is 6.05. The van der Waals surface area contributed by atoms with Gasteiger partial charge in [0.15, 0.2) is 5.82 Å². The molecule has 0 aliphatic carbocycles. The summed E-state index contributed by atoms with van der Waals surface area (Å²) in [5, 5.41) is 6.84. The first kappa shape index (κ1) is 22.5. The second-order valence-corrected chi connectivity index (χ2v) is 8.90. The van der Waals surface area contributed by atoms with Gasteiger partial charge in [0.25, 0.3) is 10.0 Å². The Morgan fingerprint density at radius 3 is 2.70 bits per heavy atom. The highest BCUT2D eigenvalue weighted by Gasteiger charge is 2.45. The molecule has 1 aromatic heterocycles. The van der Waals surface area contributed by atoms with Crippen LogP contribution < -0.4 is 15.1 Å². The summed E-state index contributed by atoms with van der Waals surface area (Å²) in [5.41, 5.74) is 1.19. The van der Waals surface area contributed by atoms with Crippen LogP contribution in [0.4, 0.5) is 29.1 Å². The van der Waals surface area contributed by atoms with Gasteiger partial charge in [-0.3, -0.25) is 0 Å². The molecular formula is C15H13ClF4N4O4S2. The molecular weight excluding hydrogens is 476 g/mol. The molecule has 15 heteroatoms. The SMILES string of the molecule is O=C(ON(c1cscn1)S(=O)(=O)c1cc(Cl)c(N[C@H]2CCNC2)cc1F)C(F)(F)F. The Hall–Kier alpha value is -2.16. The Balaban J connectivity index is 1.98. The topological polar surface area (TPSA) is 101 Å². The smallest absolute Gasteiger partial charge is 0.380 e. The molecule has 1 aliphatic rings. The number of alkyl halides is 3. The lowest BCUT2D eigenvalue weighted by atomic mass is 10.2. The van der Waals surface area contributed by atoms with E-state index in [4.69, 9.17) is 11.6 Å². The van der Waals surface area contributed by atoms with Crippen LogP contribution in [-0.2, 0) is 19.7 Å². The minimum atomic E-state index is -5.50. The molecule has 1 saturated heterocycles. The van der Waals surface area contributed by atoms with E-state index in [-0.39, 0.29) is 21.2 Å². The summed E-state index contributed by atoms with van der Waals surface area (Å²) < 4.78 is 77.8. The van der Waals surface area contributed by atoms with Crippen molar-refractivity contribution in [2.75, 3.05) is 22.9 Å². The highest BCUT2D eigenvalue weighted by atomic mass is 35.5. The van der Waals surface area contributed by atoms with E-state index in [1.54, 1.807) is 0 Å². The van der Waals surface area contributed by atoms with Crippen LogP contribution in [0.15, 0.2) is 27.9 Å². The molecule has 30 heavy (non-hydrogen) atoms. The largest absolute Gasteiger partial charge is 0.493 e. The zero-order chi connectivity index (χ0) is 22.1. The van der Waals surface area contributed by atoms with E-state index in [0.29, 0.717) is 6.54 Å². The van der Waals surface area contributed by atoms with Crippen molar-refractivity contribution in [1.29, 1.82) is 0 Å². The molecule has 0 spiro atoms. The fourth-order valence-corrected chi connectivity index (χ4v) is 4.69. The van der Waals surface area contributed by atoms with E-state index < -0.39 is 38.7 Å². The van der Waals surface area contributed by atoms with Crippen LogP contribution in [0.3, 0.4) is 0 Å². The van der Waals surface area contributed by atoms with Gasteiger partial charge in [-0.25, -0.2) is 14.2 Å². The number of hydrogen-bond acceptors (Lipinski definition) is 8. The predicted octanol–water partition coefficient (Wildman–Crippen LogP) is 2.93. The number of sulfonamides is 1. The number of carbonyl (C=O) groups is 1. The number of halogens is 5. The number of nitrogens with one attached hydrogen (secondary N) is 2. The molecule has 2 N–H and O–H groups in total. The lowest BCUT2D eigenvalue weighted by Crippen LogP contribution is -2.39. The van der Waals surface area contributed by atoms with Gasteiger partial charge < -0.3 is 15.5 Å². The molecule has 0 radical (unpaired) electrons. The first-order chi connectivity index (χ1) is 14.0. The summed E-state index contributed by atoms with van der Waals surface area (Å²) in [7, 11) is -5.14. The molecule has 1 aliphatic heterocycles. The van der Waals surface area contributed by atoms with Crippen LogP contribution in [-0.4, -0.2) is 44.7 Å². The average Bonchev–Trinajstić information content (AvgIpc) is 3.35. The van der Waals surface area contributed by atoms with E-state index >= 15 is 0 Å². The highest BCUT2D eigenvalue weighted by Crippen LogP contribution is 2.33. The maximum Gasteiger partial charge on any atom is 0.493 e. The fraction of sp³-hybridized carbons (Fsp3) is 0.333. The molecule has 1 atom stereocenters. The highest BCUT2D eigenvalue weighted by molar-refractivity contribution is 7.92. The third-order valence-corrected chi connectivity index (χ3v) is 6.39. The lowest BCUT2D eigenvalue weighted by Gasteiger charge is -2.22. The van der Waals surface area contributed by atoms with Gasteiger partial charge in [0.1, 0.15) is 10.7 Å². The Morgan fingerprint density at radius 1 is 1.40 bits per heavy atom. The molecule has 8 nitrogen and oxygen atoms in total. The average molecular weight is 489 g/mol. The van der Waals surface area contributed by atoms with Crippen molar-refractivity contribution < 1.29 is 35.6 Å². The number of anilines is 2. The number of carbonyl (C=O) groups excluding carboxylic acids is 1. The number of hydrogen-bond donors (Lipinski definition) is 2. The fourth-order valence-electron chi connectivity index (χ4n) is 2.57. The van der Waals surface area contributed by atoms with E-state index in [0.717, 1.165) is 47.3 Å². The normalized spacial score (nSPS) is 17.0.